The Morgan fingerprint density at radius 2 is 1.40 bits per heavy atom. The Morgan fingerprint density at radius 1 is 0.867 bits per heavy atom. The van der Waals surface area contributed by atoms with Crippen LogP contribution in [0.15, 0.2) is 0 Å². The highest BCUT2D eigenvalue weighted by molar-refractivity contribution is 4.67. The zero-order valence-corrected chi connectivity index (χ0v) is 11.6. The lowest BCUT2D eigenvalue weighted by Crippen LogP contribution is -2.34. The van der Waals surface area contributed by atoms with Crippen LogP contribution in [0.3, 0.4) is 0 Å². The van der Waals surface area contributed by atoms with Crippen LogP contribution < -0.4 is 0 Å². The van der Waals surface area contributed by atoms with E-state index in [1.807, 2.05) is 0 Å². The maximum atomic E-state index is 2.66. The van der Waals surface area contributed by atoms with Crippen molar-refractivity contribution < 1.29 is 0 Å². The minimum Gasteiger partial charge on any atom is -0.301 e. The van der Waals surface area contributed by atoms with Crippen LogP contribution in [0.4, 0.5) is 0 Å². The van der Waals surface area contributed by atoms with Crippen LogP contribution in [0.25, 0.3) is 0 Å². The monoisotopic (exact) mass is 213 g/mol. The van der Waals surface area contributed by atoms with Crippen LogP contribution in [0.2, 0.25) is 0 Å². The van der Waals surface area contributed by atoms with E-state index in [0.717, 1.165) is 12.0 Å². The standard InChI is InChI=1S/C14H31N/c1-6-11-15(12-7-2)14(5)10-9-13(4)8-3/h13-14H,6-12H2,1-5H3. The first-order chi connectivity index (χ1) is 7.15. The van der Waals surface area contributed by atoms with E-state index in [1.165, 1.54) is 45.2 Å². The maximum absolute atomic E-state index is 2.66. The molecule has 0 fully saturated rings. The normalized spacial score (nSPS) is 15.6. The van der Waals surface area contributed by atoms with Crippen LogP contribution in [0, 0.1) is 5.92 Å². The summed E-state index contributed by atoms with van der Waals surface area (Å²) in [4.78, 5) is 2.66. The van der Waals surface area contributed by atoms with Gasteiger partial charge in [-0.25, -0.2) is 0 Å². The molecule has 0 aromatic heterocycles. The van der Waals surface area contributed by atoms with Crippen LogP contribution in [0.1, 0.15) is 66.7 Å². The van der Waals surface area contributed by atoms with Gasteiger partial charge in [0.25, 0.3) is 0 Å². The molecule has 0 radical (unpaired) electrons. The third kappa shape index (κ3) is 6.94. The fraction of sp³-hybridized carbons (Fsp3) is 1.00. The first-order valence-electron chi connectivity index (χ1n) is 6.89. The van der Waals surface area contributed by atoms with Crippen molar-refractivity contribution in [2.45, 2.75) is 72.8 Å². The molecule has 92 valence electrons. The predicted octanol–water partition coefficient (Wildman–Crippen LogP) is 4.32. The Hall–Kier alpha value is -0.0400. The van der Waals surface area contributed by atoms with Crippen molar-refractivity contribution in [3.8, 4) is 0 Å². The average molecular weight is 213 g/mol. The summed E-state index contributed by atoms with van der Waals surface area (Å²) in [5.41, 5.74) is 0. The van der Waals surface area contributed by atoms with Crippen molar-refractivity contribution >= 4 is 0 Å². The molecule has 1 nitrogen and oxygen atoms in total. The molecule has 0 spiro atoms. The van der Waals surface area contributed by atoms with Gasteiger partial charge in [0.1, 0.15) is 0 Å². The van der Waals surface area contributed by atoms with Gasteiger partial charge in [0, 0.05) is 6.04 Å². The molecule has 15 heavy (non-hydrogen) atoms. The molecule has 0 N–H and O–H groups in total. The van der Waals surface area contributed by atoms with Gasteiger partial charge in [-0.1, -0.05) is 34.1 Å². The molecule has 0 saturated carbocycles. The summed E-state index contributed by atoms with van der Waals surface area (Å²) in [6, 6.07) is 0.777. The SMILES string of the molecule is CCCN(CCC)C(C)CCC(C)CC. The number of hydrogen-bond acceptors (Lipinski definition) is 1. The summed E-state index contributed by atoms with van der Waals surface area (Å²) in [6.45, 7) is 14.2. The van der Waals surface area contributed by atoms with Gasteiger partial charge < -0.3 is 4.90 Å². The molecule has 0 aliphatic rings. The number of nitrogens with zero attached hydrogens (tertiary/aromatic N) is 1. The molecule has 1 heteroatoms. The molecule has 0 saturated heterocycles. The minimum absolute atomic E-state index is 0.777. The van der Waals surface area contributed by atoms with Gasteiger partial charge in [-0.2, -0.15) is 0 Å². The molecular formula is C14H31N. The molecule has 0 aliphatic carbocycles. The Morgan fingerprint density at radius 3 is 1.80 bits per heavy atom. The van der Waals surface area contributed by atoms with E-state index in [2.05, 4.69) is 39.5 Å². The van der Waals surface area contributed by atoms with Crippen LogP contribution >= 0.6 is 0 Å². The van der Waals surface area contributed by atoms with Gasteiger partial charge in [0.15, 0.2) is 0 Å². The minimum atomic E-state index is 0.777. The molecule has 0 aromatic rings. The quantitative estimate of drug-likeness (QED) is 0.551. The summed E-state index contributed by atoms with van der Waals surface area (Å²) >= 11 is 0. The van der Waals surface area contributed by atoms with E-state index in [9.17, 15) is 0 Å². The largest absolute Gasteiger partial charge is 0.301 e. The lowest BCUT2D eigenvalue weighted by Gasteiger charge is -2.29. The zero-order valence-electron chi connectivity index (χ0n) is 11.6. The smallest absolute Gasteiger partial charge is 0.00670 e. The Bertz CT molecular complexity index is 127. The van der Waals surface area contributed by atoms with Crippen molar-refractivity contribution in [1.29, 1.82) is 0 Å². The Kier molecular flexibility index (Phi) is 9.18. The molecular weight excluding hydrogens is 182 g/mol. The lowest BCUT2D eigenvalue weighted by atomic mass is 9.99. The van der Waals surface area contributed by atoms with Gasteiger partial charge in [0.2, 0.25) is 0 Å². The van der Waals surface area contributed by atoms with E-state index in [1.54, 1.807) is 0 Å². The van der Waals surface area contributed by atoms with E-state index in [0.29, 0.717) is 0 Å². The van der Waals surface area contributed by atoms with Crippen LogP contribution in [0.5, 0.6) is 0 Å². The van der Waals surface area contributed by atoms with Crippen molar-refractivity contribution in [3.63, 3.8) is 0 Å². The summed E-state index contributed by atoms with van der Waals surface area (Å²) in [5.74, 6) is 0.901. The second-order valence-corrected chi connectivity index (χ2v) is 4.98. The van der Waals surface area contributed by atoms with E-state index in [-0.39, 0.29) is 0 Å². The summed E-state index contributed by atoms with van der Waals surface area (Å²) in [7, 11) is 0. The number of rotatable bonds is 9. The topological polar surface area (TPSA) is 3.24 Å². The molecule has 0 amide bonds. The highest BCUT2D eigenvalue weighted by Gasteiger charge is 2.12. The van der Waals surface area contributed by atoms with Gasteiger partial charge >= 0.3 is 0 Å². The van der Waals surface area contributed by atoms with Gasteiger partial charge in [-0.15, -0.1) is 0 Å². The molecule has 0 rings (SSSR count). The van der Waals surface area contributed by atoms with Crippen molar-refractivity contribution in [2.75, 3.05) is 13.1 Å². The highest BCUT2D eigenvalue weighted by atomic mass is 15.1. The molecule has 0 aromatic carbocycles. The highest BCUT2D eigenvalue weighted by Crippen LogP contribution is 2.15. The maximum Gasteiger partial charge on any atom is 0.00670 e. The first-order valence-corrected chi connectivity index (χ1v) is 6.89. The first kappa shape index (κ1) is 15.0. The summed E-state index contributed by atoms with van der Waals surface area (Å²) in [5, 5.41) is 0. The van der Waals surface area contributed by atoms with E-state index >= 15 is 0 Å². The Balaban J connectivity index is 3.84. The van der Waals surface area contributed by atoms with Crippen LogP contribution in [-0.4, -0.2) is 24.0 Å². The van der Waals surface area contributed by atoms with E-state index < -0.39 is 0 Å². The van der Waals surface area contributed by atoms with Gasteiger partial charge in [-0.3, -0.25) is 0 Å². The molecule has 0 aliphatic heterocycles. The average Bonchev–Trinajstić information content (AvgIpc) is 2.25. The van der Waals surface area contributed by atoms with Crippen molar-refractivity contribution in [2.24, 2.45) is 5.92 Å². The fourth-order valence-corrected chi connectivity index (χ4v) is 2.04. The van der Waals surface area contributed by atoms with Crippen molar-refractivity contribution in [3.05, 3.63) is 0 Å². The lowest BCUT2D eigenvalue weighted by molar-refractivity contribution is 0.191. The van der Waals surface area contributed by atoms with E-state index in [4.69, 9.17) is 0 Å². The molecule has 2 unspecified atom stereocenters. The second-order valence-electron chi connectivity index (χ2n) is 4.98. The second kappa shape index (κ2) is 9.21. The molecule has 0 bridgehead atoms. The number of hydrogen-bond donors (Lipinski definition) is 0. The Labute approximate surface area is 97.2 Å². The predicted molar refractivity (Wildman–Crippen MR) is 70.3 cm³/mol. The zero-order chi connectivity index (χ0) is 11.7. The summed E-state index contributed by atoms with van der Waals surface area (Å²) < 4.78 is 0. The summed E-state index contributed by atoms with van der Waals surface area (Å²) in [6.07, 6.45) is 6.66. The third-order valence-corrected chi connectivity index (χ3v) is 3.42. The van der Waals surface area contributed by atoms with Gasteiger partial charge in [0.05, 0.1) is 0 Å². The fourth-order valence-electron chi connectivity index (χ4n) is 2.04. The molecule has 0 heterocycles. The third-order valence-electron chi connectivity index (χ3n) is 3.42. The van der Waals surface area contributed by atoms with Crippen molar-refractivity contribution in [1.82, 2.24) is 4.90 Å². The molecule has 2 atom stereocenters. The van der Waals surface area contributed by atoms with Crippen LogP contribution in [-0.2, 0) is 0 Å². The van der Waals surface area contributed by atoms with Gasteiger partial charge in [-0.05, 0) is 51.6 Å².